The van der Waals surface area contributed by atoms with Gasteiger partial charge in [-0.2, -0.15) is 4.31 Å². The van der Waals surface area contributed by atoms with Crippen molar-refractivity contribution in [2.45, 2.75) is 31.3 Å². The highest BCUT2D eigenvalue weighted by Gasteiger charge is 2.22. The number of carbonyl (C=O) groups is 1. The average molecular weight is 469 g/mol. The molecule has 0 saturated carbocycles. The predicted octanol–water partition coefficient (Wildman–Crippen LogP) is 3.95. The first-order valence-corrected chi connectivity index (χ1v) is 10.8. The summed E-state index contributed by atoms with van der Waals surface area (Å²) in [5, 5.41) is 2.68. The molecule has 0 fully saturated rings. The van der Waals surface area contributed by atoms with E-state index >= 15 is 0 Å². The second kappa shape index (κ2) is 9.45. The van der Waals surface area contributed by atoms with E-state index in [-0.39, 0.29) is 23.4 Å². The third-order valence-electron chi connectivity index (χ3n) is 4.17. The Morgan fingerprint density at radius 1 is 1.21 bits per heavy atom. The zero-order valence-electron chi connectivity index (χ0n) is 15.8. The Balaban J connectivity index is 1.99. The van der Waals surface area contributed by atoms with Gasteiger partial charge in [0.05, 0.1) is 4.90 Å². The summed E-state index contributed by atoms with van der Waals surface area (Å²) in [4.78, 5) is 12.1. The number of hydrogen-bond acceptors (Lipinski definition) is 3. The van der Waals surface area contributed by atoms with E-state index in [1.54, 1.807) is 38.1 Å². The molecule has 2 rings (SSSR count). The first kappa shape index (κ1) is 22.3. The van der Waals surface area contributed by atoms with E-state index in [9.17, 15) is 17.6 Å². The summed E-state index contributed by atoms with van der Waals surface area (Å²) >= 11 is 3.25. The molecule has 0 aromatic heterocycles. The molecule has 0 unspecified atom stereocenters. The van der Waals surface area contributed by atoms with Gasteiger partial charge in [-0.1, -0.05) is 28.1 Å². The van der Waals surface area contributed by atoms with Crippen molar-refractivity contribution in [2.75, 3.05) is 7.05 Å². The molecule has 2 aromatic rings. The predicted molar refractivity (Wildman–Crippen MR) is 112 cm³/mol. The molecular formula is C20H22BrFN2O3S. The fourth-order valence-corrected chi connectivity index (χ4v) is 4.03. The lowest BCUT2D eigenvalue weighted by Crippen LogP contribution is -2.33. The van der Waals surface area contributed by atoms with Crippen LogP contribution in [0.5, 0.6) is 0 Å². The Morgan fingerprint density at radius 2 is 1.86 bits per heavy atom. The molecule has 0 aliphatic heterocycles. The fraction of sp³-hybridized carbons (Fsp3) is 0.250. The highest BCUT2D eigenvalue weighted by molar-refractivity contribution is 9.10. The summed E-state index contributed by atoms with van der Waals surface area (Å²) in [6.45, 7) is 3.83. The normalized spacial score (nSPS) is 12.1. The lowest BCUT2D eigenvalue weighted by molar-refractivity contribution is -0.116. The van der Waals surface area contributed by atoms with Gasteiger partial charge >= 0.3 is 0 Å². The van der Waals surface area contributed by atoms with E-state index in [1.165, 1.54) is 41.7 Å². The third-order valence-corrected chi connectivity index (χ3v) is 6.71. The number of rotatable bonds is 7. The Labute approximate surface area is 173 Å². The third kappa shape index (κ3) is 5.73. The van der Waals surface area contributed by atoms with Crippen molar-refractivity contribution >= 4 is 37.9 Å². The molecule has 0 aliphatic carbocycles. The number of nitrogens with one attached hydrogen (secondary N) is 1. The molecule has 0 atom stereocenters. The van der Waals surface area contributed by atoms with Crippen molar-refractivity contribution in [2.24, 2.45) is 0 Å². The van der Waals surface area contributed by atoms with E-state index in [0.717, 1.165) is 5.56 Å². The molecule has 0 heterocycles. The molecule has 0 radical (unpaired) electrons. The van der Waals surface area contributed by atoms with Crippen molar-refractivity contribution in [3.63, 3.8) is 0 Å². The molecule has 0 aliphatic rings. The van der Waals surface area contributed by atoms with Gasteiger partial charge in [-0.25, -0.2) is 12.8 Å². The number of carbonyl (C=O) groups excluding carboxylic acids is 1. The van der Waals surface area contributed by atoms with E-state index in [4.69, 9.17) is 0 Å². The van der Waals surface area contributed by atoms with Crippen LogP contribution in [0, 0.1) is 5.82 Å². The van der Waals surface area contributed by atoms with E-state index in [2.05, 4.69) is 21.2 Å². The summed E-state index contributed by atoms with van der Waals surface area (Å²) in [5.74, 6) is -0.800. The van der Waals surface area contributed by atoms with Crippen LogP contribution in [0.2, 0.25) is 0 Å². The van der Waals surface area contributed by atoms with Gasteiger partial charge in [-0.3, -0.25) is 4.79 Å². The quantitative estimate of drug-likeness (QED) is 0.625. The maximum absolute atomic E-state index is 13.7. The van der Waals surface area contributed by atoms with Crippen molar-refractivity contribution < 1.29 is 17.6 Å². The summed E-state index contributed by atoms with van der Waals surface area (Å²) in [6.07, 6.45) is 2.65. The van der Waals surface area contributed by atoms with Crippen LogP contribution in [0.3, 0.4) is 0 Å². The van der Waals surface area contributed by atoms with E-state index in [1.807, 2.05) is 0 Å². The van der Waals surface area contributed by atoms with Crippen LogP contribution < -0.4 is 5.32 Å². The van der Waals surface area contributed by atoms with Gasteiger partial charge in [0, 0.05) is 35.7 Å². The van der Waals surface area contributed by atoms with Gasteiger partial charge in [0.2, 0.25) is 15.9 Å². The van der Waals surface area contributed by atoms with Crippen LogP contribution in [0.25, 0.3) is 6.08 Å². The summed E-state index contributed by atoms with van der Waals surface area (Å²) < 4.78 is 40.5. The molecule has 1 amide bonds. The maximum Gasteiger partial charge on any atom is 0.244 e. The highest BCUT2D eigenvalue weighted by atomic mass is 79.9. The van der Waals surface area contributed by atoms with Gasteiger partial charge in [0.25, 0.3) is 0 Å². The second-order valence-electron chi connectivity index (χ2n) is 6.48. The van der Waals surface area contributed by atoms with Crippen LogP contribution in [0.4, 0.5) is 4.39 Å². The van der Waals surface area contributed by atoms with Crippen molar-refractivity contribution in [3.05, 3.63) is 70.0 Å². The molecule has 0 bridgehead atoms. The van der Waals surface area contributed by atoms with Gasteiger partial charge in [0.15, 0.2) is 0 Å². The molecule has 150 valence electrons. The highest BCUT2D eigenvalue weighted by Crippen LogP contribution is 2.18. The van der Waals surface area contributed by atoms with Crippen molar-refractivity contribution in [1.82, 2.24) is 9.62 Å². The van der Waals surface area contributed by atoms with Gasteiger partial charge in [-0.05, 0) is 55.8 Å². The largest absolute Gasteiger partial charge is 0.348 e. The number of sulfonamides is 1. The molecule has 0 spiro atoms. The molecule has 5 nitrogen and oxygen atoms in total. The summed E-state index contributed by atoms with van der Waals surface area (Å²) in [7, 11) is -2.00. The molecular weight excluding hydrogens is 447 g/mol. The Kier molecular flexibility index (Phi) is 7.51. The van der Waals surface area contributed by atoms with Gasteiger partial charge in [-0.15, -0.1) is 0 Å². The van der Waals surface area contributed by atoms with E-state index < -0.39 is 15.8 Å². The molecule has 1 N–H and O–H groups in total. The lowest BCUT2D eigenvalue weighted by atomic mass is 10.2. The second-order valence-corrected chi connectivity index (χ2v) is 9.39. The first-order valence-electron chi connectivity index (χ1n) is 8.59. The zero-order chi connectivity index (χ0) is 20.9. The Morgan fingerprint density at radius 3 is 2.46 bits per heavy atom. The molecule has 28 heavy (non-hydrogen) atoms. The van der Waals surface area contributed by atoms with Crippen LogP contribution in [-0.4, -0.2) is 31.7 Å². The smallest absolute Gasteiger partial charge is 0.244 e. The summed E-state index contributed by atoms with van der Waals surface area (Å²) in [5.41, 5.74) is 1.05. The van der Waals surface area contributed by atoms with Crippen LogP contribution in [0.1, 0.15) is 25.0 Å². The standard InChI is InChI=1S/C20H22BrFN2O3S/c1-14(2)24(3)28(26,27)18-8-4-15(5-9-18)13-23-20(25)11-6-16-12-17(21)7-10-19(16)22/h4-12,14H,13H2,1-3H3,(H,23,25)/b11-6-. The van der Waals surface area contributed by atoms with Crippen LogP contribution in [-0.2, 0) is 21.4 Å². The van der Waals surface area contributed by atoms with E-state index in [0.29, 0.717) is 10.0 Å². The van der Waals surface area contributed by atoms with Crippen molar-refractivity contribution in [3.8, 4) is 0 Å². The number of halogens is 2. The number of hydrogen-bond donors (Lipinski definition) is 1. The number of benzene rings is 2. The minimum Gasteiger partial charge on any atom is -0.348 e. The van der Waals surface area contributed by atoms with Crippen LogP contribution in [0.15, 0.2) is 57.9 Å². The first-order chi connectivity index (χ1) is 13.1. The minimum atomic E-state index is -3.54. The Hall–Kier alpha value is -2.03. The number of amides is 1. The SMILES string of the molecule is CC(C)N(C)S(=O)(=O)c1ccc(CNC(=O)/C=C\c2cc(Br)ccc2F)cc1. The monoisotopic (exact) mass is 468 g/mol. The maximum atomic E-state index is 13.7. The minimum absolute atomic E-state index is 0.147. The van der Waals surface area contributed by atoms with Crippen molar-refractivity contribution in [1.29, 1.82) is 0 Å². The number of nitrogens with zero attached hydrogens (tertiary/aromatic N) is 1. The summed E-state index contributed by atoms with van der Waals surface area (Å²) in [6, 6.07) is 10.7. The lowest BCUT2D eigenvalue weighted by Gasteiger charge is -2.21. The molecule has 8 heteroatoms. The van der Waals surface area contributed by atoms with Crippen LogP contribution >= 0.6 is 15.9 Å². The fourth-order valence-electron chi connectivity index (χ4n) is 2.28. The van der Waals surface area contributed by atoms with Gasteiger partial charge < -0.3 is 5.32 Å². The zero-order valence-corrected chi connectivity index (χ0v) is 18.2. The Bertz CT molecular complexity index is 973. The molecule has 2 aromatic carbocycles. The average Bonchev–Trinajstić information content (AvgIpc) is 2.66. The topological polar surface area (TPSA) is 66.5 Å². The molecule has 0 saturated heterocycles. The van der Waals surface area contributed by atoms with Gasteiger partial charge in [0.1, 0.15) is 5.82 Å².